The molecule has 4 rings (SSSR count). The van der Waals surface area contributed by atoms with Crippen LogP contribution in [0.3, 0.4) is 0 Å². The highest BCUT2D eigenvalue weighted by molar-refractivity contribution is 6.74. The zero-order chi connectivity index (χ0) is 33.0. The second kappa shape index (κ2) is 13.3. The van der Waals surface area contributed by atoms with Crippen LogP contribution in [0, 0.1) is 0 Å². The first-order chi connectivity index (χ1) is 21.1. The van der Waals surface area contributed by atoms with Gasteiger partial charge >= 0.3 is 11.7 Å². The molecule has 1 fully saturated rings. The summed E-state index contributed by atoms with van der Waals surface area (Å²) < 4.78 is 55.2. The van der Waals surface area contributed by atoms with Crippen molar-refractivity contribution in [1.29, 1.82) is 0 Å². The van der Waals surface area contributed by atoms with Gasteiger partial charge in [-0.2, -0.15) is 0 Å². The Morgan fingerprint density at radius 3 is 2.31 bits per heavy atom. The summed E-state index contributed by atoms with van der Waals surface area (Å²) in [6.45, 7) is 9.99. The van der Waals surface area contributed by atoms with E-state index in [2.05, 4.69) is 20.8 Å². The van der Waals surface area contributed by atoms with Crippen LogP contribution in [0.15, 0.2) is 82.5 Å². The summed E-state index contributed by atoms with van der Waals surface area (Å²) in [6, 6.07) is 18.6. The lowest BCUT2D eigenvalue weighted by molar-refractivity contribution is -0.0630. The van der Waals surface area contributed by atoms with Crippen molar-refractivity contribution in [3.05, 3.63) is 105 Å². The third-order valence-corrected chi connectivity index (χ3v) is 12.3. The van der Waals surface area contributed by atoms with Crippen molar-refractivity contribution >= 4 is 14.3 Å². The Labute approximate surface area is 251 Å². The molecule has 42 heavy (non-hydrogen) atoms. The van der Waals surface area contributed by atoms with Crippen LogP contribution in [0.2, 0.25) is 18.1 Å². The smallest absolute Gasteiger partial charge is 0.338 e. The highest BCUT2D eigenvalue weighted by Crippen LogP contribution is 2.39. The van der Waals surface area contributed by atoms with Crippen LogP contribution < -0.4 is 11.2 Å². The van der Waals surface area contributed by atoms with E-state index in [1.165, 1.54) is 6.20 Å². The lowest BCUT2D eigenvalue weighted by Crippen LogP contribution is -2.46. The molecule has 4 atom stereocenters. The second-order valence-electron chi connectivity index (χ2n) is 11.7. The average Bonchev–Trinajstić information content (AvgIpc) is 3.29. The maximum absolute atomic E-state index is 13.7. The predicted molar refractivity (Wildman–Crippen MR) is 160 cm³/mol. The summed E-state index contributed by atoms with van der Waals surface area (Å²) in [5.41, 5.74) is -0.363. The van der Waals surface area contributed by atoms with Gasteiger partial charge in [0.25, 0.3) is 5.56 Å². The normalized spacial score (nSPS) is 22.3. The Balaban J connectivity index is 1.69. The molecule has 2 aromatic carbocycles. The first kappa shape index (κ1) is 27.5. The Hall–Kier alpha value is -3.35. The monoisotopic (exact) mass is 599 g/mol. The van der Waals surface area contributed by atoms with Gasteiger partial charge in [-0.25, -0.2) is 14.2 Å². The van der Waals surface area contributed by atoms with E-state index >= 15 is 0 Å². The summed E-state index contributed by atoms with van der Waals surface area (Å²) >= 11 is 0. The van der Waals surface area contributed by atoms with Crippen LogP contribution in [0.25, 0.3) is 0 Å². The van der Waals surface area contributed by atoms with Gasteiger partial charge in [-0.15, -0.1) is 0 Å². The van der Waals surface area contributed by atoms with Crippen molar-refractivity contribution in [2.45, 2.75) is 76.8 Å². The molecule has 0 N–H and O–H groups in total. The van der Waals surface area contributed by atoms with Crippen LogP contribution in [0.4, 0.5) is 0 Å². The molecule has 2 heterocycles. The SMILES string of the molecule is [2H]C([2H])([2H])O[C@@H]1[C@H](OC(=O)c2ccccc2)[C@@H](CO[Si](C)(C)C(C)(C)C)O[C@H]1n1ccc(=O)n(COCc2ccccc2)c1=O. The molecule has 0 saturated carbocycles. The number of hydrogen-bond donors (Lipinski definition) is 0. The van der Waals surface area contributed by atoms with Crippen molar-refractivity contribution in [3.8, 4) is 0 Å². The molecule has 1 aliphatic rings. The minimum Gasteiger partial charge on any atom is -0.453 e. The van der Waals surface area contributed by atoms with Crippen LogP contribution in [-0.2, 0) is 36.7 Å². The molecule has 10 nitrogen and oxygen atoms in total. The third-order valence-electron chi connectivity index (χ3n) is 7.79. The van der Waals surface area contributed by atoms with Crippen molar-refractivity contribution in [3.63, 3.8) is 0 Å². The molecule has 0 amide bonds. The Bertz CT molecular complexity index is 1560. The number of rotatable bonds is 11. The van der Waals surface area contributed by atoms with Crippen LogP contribution in [-0.4, -0.2) is 55.4 Å². The highest BCUT2D eigenvalue weighted by atomic mass is 28.4. The maximum Gasteiger partial charge on any atom is 0.338 e. The largest absolute Gasteiger partial charge is 0.453 e. The quantitative estimate of drug-likeness (QED) is 0.237. The molecular formula is C31H40N2O8Si. The number of methoxy groups -OCH3 is 1. The van der Waals surface area contributed by atoms with Crippen LogP contribution >= 0.6 is 0 Å². The Kier molecular flexibility index (Phi) is 8.70. The van der Waals surface area contributed by atoms with Crippen LogP contribution in [0.1, 0.15) is 47.0 Å². The van der Waals surface area contributed by atoms with E-state index in [0.29, 0.717) is 0 Å². The molecule has 3 aromatic rings. The van der Waals surface area contributed by atoms with Crippen molar-refractivity contribution in [2.75, 3.05) is 13.6 Å². The molecular weight excluding hydrogens is 556 g/mol. The standard InChI is InChI=1S/C31H40N2O8Si/c1-31(2,3)42(5,6)39-20-24-26(41-29(35)23-15-11-8-12-16-23)27(37-4)28(40-24)32-18-17-25(34)33(30(32)36)21-38-19-22-13-9-7-10-14-22/h7-18,24,26-28H,19-21H2,1-6H3/t24-,26-,27-,28-/m1/s1/i4D3. The lowest BCUT2D eigenvalue weighted by Gasteiger charge is -2.37. The summed E-state index contributed by atoms with van der Waals surface area (Å²) in [5, 5.41) is -0.165. The number of benzene rings is 2. The number of hydrogen-bond acceptors (Lipinski definition) is 8. The summed E-state index contributed by atoms with van der Waals surface area (Å²) in [7, 11) is -5.30. The summed E-state index contributed by atoms with van der Waals surface area (Å²) in [4.78, 5) is 39.6. The zero-order valence-corrected chi connectivity index (χ0v) is 25.5. The van der Waals surface area contributed by atoms with Gasteiger partial charge in [-0.05, 0) is 35.8 Å². The second-order valence-corrected chi connectivity index (χ2v) is 16.5. The van der Waals surface area contributed by atoms with Gasteiger partial charge in [-0.3, -0.25) is 9.36 Å². The van der Waals surface area contributed by atoms with E-state index in [1.54, 1.807) is 30.3 Å². The molecule has 226 valence electrons. The number of esters is 1. The number of carbonyl (C=O) groups is 1. The lowest BCUT2D eigenvalue weighted by atomic mass is 10.1. The van der Waals surface area contributed by atoms with E-state index in [-0.39, 0.29) is 30.5 Å². The molecule has 11 heteroatoms. The van der Waals surface area contributed by atoms with Crippen molar-refractivity contribution in [1.82, 2.24) is 9.13 Å². The molecule has 0 spiro atoms. The fraction of sp³-hybridized carbons (Fsp3) is 0.452. The van der Waals surface area contributed by atoms with Gasteiger partial charge in [0, 0.05) is 19.3 Å². The predicted octanol–water partition coefficient (Wildman–Crippen LogP) is 4.34. The Morgan fingerprint density at radius 2 is 1.67 bits per heavy atom. The molecule has 1 aliphatic heterocycles. The Morgan fingerprint density at radius 1 is 1.00 bits per heavy atom. The van der Waals surface area contributed by atoms with Crippen molar-refractivity contribution < 1.29 is 32.3 Å². The third kappa shape index (κ3) is 7.16. The van der Waals surface area contributed by atoms with E-state index in [0.717, 1.165) is 20.8 Å². The van der Waals surface area contributed by atoms with Crippen LogP contribution in [0.5, 0.6) is 0 Å². The first-order valence-electron chi connectivity index (χ1n) is 15.2. The summed E-state index contributed by atoms with van der Waals surface area (Å²) in [5.74, 6) is -0.729. The van der Waals surface area contributed by atoms with E-state index in [9.17, 15) is 14.4 Å². The molecule has 0 unspecified atom stereocenters. The van der Waals surface area contributed by atoms with Gasteiger partial charge in [0.15, 0.2) is 20.6 Å². The molecule has 1 aromatic heterocycles. The first-order valence-corrected chi connectivity index (χ1v) is 16.7. The molecule has 0 radical (unpaired) electrons. The highest BCUT2D eigenvalue weighted by Gasteiger charge is 2.50. The number of aromatic nitrogens is 2. The van der Waals surface area contributed by atoms with E-state index in [1.807, 2.05) is 43.4 Å². The fourth-order valence-electron chi connectivity index (χ4n) is 4.28. The van der Waals surface area contributed by atoms with Crippen molar-refractivity contribution in [2.24, 2.45) is 0 Å². The fourth-order valence-corrected chi connectivity index (χ4v) is 5.29. The number of carbonyl (C=O) groups excluding carboxylic acids is 1. The van der Waals surface area contributed by atoms with Gasteiger partial charge in [0.1, 0.15) is 18.9 Å². The molecule has 1 saturated heterocycles. The number of ether oxygens (including phenoxy) is 4. The minimum absolute atomic E-state index is 0.0604. The molecule has 0 aliphatic carbocycles. The minimum atomic E-state index is -2.95. The summed E-state index contributed by atoms with van der Waals surface area (Å²) in [6.07, 6.45) is -3.95. The van der Waals surface area contributed by atoms with Gasteiger partial charge in [0.2, 0.25) is 0 Å². The van der Waals surface area contributed by atoms with Gasteiger partial charge < -0.3 is 23.4 Å². The number of nitrogens with zero attached hydrogens (tertiary/aromatic N) is 2. The van der Waals surface area contributed by atoms with E-state index < -0.39 is 57.1 Å². The maximum atomic E-state index is 13.7. The van der Waals surface area contributed by atoms with E-state index in [4.69, 9.17) is 27.5 Å². The zero-order valence-electron chi connectivity index (χ0n) is 27.5. The molecule has 0 bridgehead atoms. The topological polar surface area (TPSA) is 107 Å². The van der Waals surface area contributed by atoms with Gasteiger partial charge in [0.05, 0.1) is 22.9 Å². The van der Waals surface area contributed by atoms with Gasteiger partial charge in [-0.1, -0.05) is 69.3 Å². The average molecular weight is 600 g/mol.